The Balaban J connectivity index is 1.44. The van der Waals surface area contributed by atoms with Gasteiger partial charge in [-0.2, -0.15) is 0 Å². The number of halogens is 1. The first-order valence-corrected chi connectivity index (χ1v) is 11.8. The molecule has 5 nitrogen and oxygen atoms in total. The summed E-state index contributed by atoms with van der Waals surface area (Å²) in [6.07, 6.45) is 0. The second kappa shape index (κ2) is 10.6. The molecule has 9 heteroatoms. The molecule has 0 saturated carbocycles. The fraction of sp³-hybridized carbons (Fsp3) is 0.190. The van der Waals surface area contributed by atoms with E-state index < -0.39 is 5.25 Å². The van der Waals surface area contributed by atoms with Gasteiger partial charge in [0.15, 0.2) is 4.34 Å². The Labute approximate surface area is 186 Å². The quantitative estimate of drug-likeness (QED) is 0.467. The molecule has 3 aromatic rings. The van der Waals surface area contributed by atoms with Gasteiger partial charge in [0.2, 0.25) is 11.8 Å². The molecular weight excluding hydrogens is 441 g/mol. The lowest BCUT2D eigenvalue weighted by molar-refractivity contribution is -0.115. The van der Waals surface area contributed by atoms with Crippen molar-refractivity contribution in [1.82, 2.24) is 4.98 Å². The number of thioether (sulfide) groups is 1. The van der Waals surface area contributed by atoms with Gasteiger partial charge >= 0.3 is 0 Å². The summed E-state index contributed by atoms with van der Waals surface area (Å²) in [5.74, 6) is -0.664. The van der Waals surface area contributed by atoms with Gasteiger partial charge in [0.1, 0.15) is 5.82 Å². The maximum atomic E-state index is 12.9. The SMILES string of the molecule is Cc1csc(Sc2ccc(NC(=O)C(C)SCC(=O)Nc3ccc(F)cc3)cc2)n1. The fourth-order valence-corrected chi connectivity index (χ4v) is 4.83. The van der Waals surface area contributed by atoms with Crippen molar-refractivity contribution in [3.63, 3.8) is 0 Å². The molecule has 0 spiro atoms. The van der Waals surface area contributed by atoms with Crippen molar-refractivity contribution >= 4 is 58.0 Å². The molecule has 2 aromatic carbocycles. The van der Waals surface area contributed by atoms with E-state index in [1.807, 2.05) is 36.6 Å². The van der Waals surface area contributed by atoms with Gasteiger partial charge in [-0.15, -0.1) is 23.1 Å². The molecule has 2 amide bonds. The van der Waals surface area contributed by atoms with Crippen LogP contribution < -0.4 is 10.6 Å². The van der Waals surface area contributed by atoms with Crippen molar-refractivity contribution < 1.29 is 14.0 Å². The Morgan fingerprint density at radius 3 is 2.33 bits per heavy atom. The van der Waals surface area contributed by atoms with E-state index in [1.165, 1.54) is 36.0 Å². The molecular formula is C21H20FN3O2S3. The smallest absolute Gasteiger partial charge is 0.237 e. The number of nitrogens with one attached hydrogen (secondary N) is 2. The van der Waals surface area contributed by atoms with Crippen molar-refractivity contribution in [3.8, 4) is 0 Å². The molecule has 0 fully saturated rings. The van der Waals surface area contributed by atoms with E-state index in [0.717, 1.165) is 14.9 Å². The molecule has 0 aliphatic rings. The van der Waals surface area contributed by atoms with E-state index in [0.29, 0.717) is 11.4 Å². The van der Waals surface area contributed by atoms with Gasteiger partial charge in [0.05, 0.1) is 11.0 Å². The van der Waals surface area contributed by atoms with E-state index in [-0.39, 0.29) is 23.4 Å². The summed E-state index contributed by atoms with van der Waals surface area (Å²) in [6.45, 7) is 3.71. The van der Waals surface area contributed by atoms with Crippen LogP contribution in [0.15, 0.2) is 63.1 Å². The van der Waals surface area contributed by atoms with Crippen LogP contribution in [0.25, 0.3) is 0 Å². The van der Waals surface area contributed by atoms with Gasteiger partial charge in [-0.1, -0.05) is 11.8 Å². The highest BCUT2D eigenvalue weighted by Crippen LogP contribution is 2.31. The number of carbonyl (C=O) groups excluding carboxylic acids is 2. The third kappa shape index (κ3) is 6.86. The average molecular weight is 462 g/mol. The van der Waals surface area contributed by atoms with Gasteiger partial charge in [-0.25, -0.2) is 9.37 Å². The fourth-order valence-electron chi connectivity index (χ4n) is 2.34. The van der Waals surface area contributed by atoms with E-state index in [1.54, 1.807) is 30.0 Å². The van der Waals surface area contributed by atoms with Crippen molar-refractivity contribution in [2.24, 2.45) is 0 Å². The second-order valence-electron chi connectivity index (χ2n) is 6.38. The molecule has 0 aliphatic carbocycles. The molecule has 2 N–H and O–H groups in total. The second-order valence-corrected chi connectivity index (χ2v) is 9.89. The van der Waals surface area contributed by atoms with Crippen molar-refractivity contribution in [2.75, 3.05) is 16.4 Å². The number of hydrogen-bond donors (Lipinski definition) is 2. The Bertz CT molecular complexity index is 1010. The summed E-state index contributed by atoms with van der Waals surface area (Å²) in [5.41, 5.74) is 2.22. The minimum absolute atomic E-state index is 0.120. The van der Waals surface area contributed by atoms with Gasteiger partial charge in [0.25, 0.3) is 0 Å². The van der Waals surface area contributed by atoms with Gasteiger partial charge < -0.3 is 10.6 Å². The zero-order valence-electron chi connectivity index (χ0n) is 16.3. The van der Waals surface area contributed by atoms with Gasteiger partial charge in [0, 0.05) is 27.3 Å². The van der Waals surface area contributed by atoms with Crippen LogP contribution in [-0.2, 0) is 9.59 Å². The zero-order chi connectivity index (χ0) is 21.5. The number of rotatable bonds is 8. The van der Waals surface area contributed by atoms with Gasteiger partial charge in [-0.05, 0) is 62.4 Å². The van der Waals surface area contributed by atoms with Crippen molar-refractivity contribution in [3.05, 3.63) is 65.4 Å². The summed E-state index contributed by atoms with van der Waals surface area (Å²) in [4.78, 5) is 29.9. The van der Waals surface area contributed by atoms with Gasteiger partial charge in [-0.3, -0.25) is 9.59 Å². The molecule has 1 atom stereocenters. The van der Waals surface area contributed by atoms with Crippen LogP contribution in [-0.4, -0.2) is 27.8 Å². The highest BCUT2D eigenvalue weighted by atomic mass is 32.2. The monoisotopic (exact) mass is 461 g/mol. The minimum atomic E-state index is -0.406. The third-order valence-corrected chi connectivity index (χ3v) is 7.09. The van der Waals surface area contributed by atoms with Crippen LogP contribution >= 0.6 is 34.9 Å². The lowest BCUT2D eigenvalue weighted by Gasteiger charge is -2.12. The molecule has 1 aromatic heterocycles. The normalized spacial score (nSPS) is 11.7. The van der Waals surface area contributed by atoms with E-state index >= 15 is 0 Å². The van der Waals surface area contributed by atoms with Crippen LogP contribution in [0, 0.1) is 12.7 Å². The lowest BCUT2D eigenvalue weighted by atomic mass is 10.3. The summed E-state index contributed by atoms with van der Waals surface area (Å²) < 4.78 is 13.9. The average Bonchev–Trinajstić information content (AvgIpc) is 3.14. The Kier molecular flexibility index (Phi) is 7.89. The summed E-state index contributed by atoms with van der Waals surface area (Å²) >= 11 is 4.41. The summed E-state index contributed by atoms with van der Waals surface area (Å²) in [6, 6.07) is 13.1. The number of thiazole rings is 1. The van der Waals surface area contributed by atoms with Crippen LogP contribution in [0.2, 0.25) is 0 Å². The van der Waals surface area contributed by atoms with E-state index in [2.05, 4.69) is 15.6 Å². The molecule has 3 rings (SSSR count). The van der Waals surface area contributed by atoms with Crippen LogP contribution in [0.1, 0.15) is 12.6 Å². The number of benzene rings is 2. The first kappa shape index (κ1) is 22.3. The molecule has 1 heterocycles. The number of nitrogens with zero attached hydrogens (tertiary/aromatic N) is 1. The highest BCUT2D eigenvalue weighted by Gasteiger charge is 2.16. The molecule has 1 unspecified atom stereocenters. The number of aryl methyl sites for hydroxylation is 1. The zero-order valence-corrected chi connectivity index (χ0v) is 18.8. The molecule has 0 radical (unpaired) electrons. The third-order valence-electron chi connectivity index (χ3n) is 3.89. The lowest BCUT2D eigenvalue weighted by Crippen LogP contribution is -2.25. The van der Waals surface area contributed by atoms with Crippen LogP contribution in [0.4, 0.5) is 15.8 Å². The standard InChI is InChI=1S/C21H20FN3O2S3/c1-13-11-29-21(23-13)30-18-9-7-17(8-10-18)25-20(27)14(2)28-12-19(26)24-16-5-3-15(22)4-6-16/h3-11,14H,12H2,1-2H3,(H,24,26)(H,25,27). The largest absolute Gasteiger partial charge is 0.325 e. The number of carbonyl (C=O) groups is 2. The molecule has 0 aliphatic heterocycles. The Morgan fingerprint density at radius 2 is 1.70 bits per heavy atom. The van der Waals surface area contributed by atoms with Crippen molar-refractivity contribution in [1.29, 1.82) is 0 Å². The predicted octanol–water partition coefficient (Wildman–Crippen LogP) is 5.44. The number of amides is 2. The minimum Gasteiger partial charge on any atom is -0.325 e. The molecule has 156 valence electrons. The van der Waals surface area contributed by atoms with Crippen molar-refractivity contribution in [2.45, 2.75) is 28.3 Å². The number of aromatic nitrogens is 1. The first-order chi connectivity index (χ1) is 14.4. The highest BCUT2D eigenvalue weighted by molar-refractivity contribution is 8.01. The van der Waals surface area contributed by atoms with Crippen LogP contribution in [0.3, 0.4) is 0 Å². The molecule has 0 bridgehead atoms. The molecule has 0 saturated heterocycles. The van der Waals surface area contributed by atoms with E-state index in [9.17, 15) is 14.0 Å². The summed E-state index contributed by atoms with van der Waals surface area (Å²) in [7, 11) is 0. The van der Waals surface area contributed by atoms with E-state index in [4.69, 9.17) is 0 Å². The Morgan fingerprint density at radius 1 is 1.07 bits per heavy atom. The Hall–Kier alpha value is -2.36. The summed E-state index contributed by atoms with van der Waals surface area (Å²) in [5, 5.41) is 7.14. The van der Waals surface area contributed by atoms with Crippen LogP contribution in [0.5, 0.6) is 0 Å². The maximum Gasteiger partial charge on any atom is 0.237 e. The number of anilines is 2. The first-order valence-electron chi connectivity index (χ1n) is 9.07. The molecule has 30 heavy (non-hydrogen) atoms. The maximum absolute atomic E-state index is 12.9. The number of hydrogen-bond acceptors (Lipinski definition) is 6. The topological polar surface area (TPSA) is 71.1 Å². The predicted molar refractivity (Wildman–Crippen MR) is 123 cm³/mol.